The van der Waals surface area contributed by atoms with Crippen molar-refractivity contribution < 1.29 is 9.53 Å². The molecule has 1 unspecified atom stereocenters. The Bertz CT molecular complexity index is 773. The van der Waals surface area contributed by atoms with Crippen molar-refractivity contribution in [2.75, 3.05) is 31.6 Å². The van der Waals surface area contributed by atoms with Crippen molar-refractivity contribution in [2.45, 2.75) is 20.3 Å². The van der Waals surface area contributed by atoms with Gasteiger partial charge >= 0.3 is 0 Å². The molecule has 28 heavy (non-hydrogen) atoms. The largest absolute Gasteiger partial charge is 0.494 e. The Morgan fingerprint density at radius 2 is 2.00 bits per heavy atom. The number of anilines is 2. The van der Waals surface area contributed by atoms with Crippen LogP contribution in [0.1, 0.15) is 30.6 Å². The van der Waals surface area contributed by atoms with Crippen LogP contribution in [-0.4, -0.2) is 42.0 Å². The lowest BCUT2D eigenvalue weighted by molar-refractivity contribution is 0.0777. The summed E-state index contributed by atoms with van der Waals surface area (Å²) >= 11 is 0. The third-order valence-corrected chi connectivity index (χ3v) is 4.80. The minimum atomic E-state index is -0.0105. The molecule has 0 aliphatic carbocycles. The summed E-state index contributed by atoms with van der Waals surface area (Å²) in [7, 11) is 0. The summed E-state index contributed by atoms with van der Waals surface area (Å²) in [6.45, 7) is 6.70. The molecular formula is C20H28Cl2N4O2. The van der Waals surface area contributed by atoms with Crippen LogP contribution in [0.2, 0.25) is 0 Å². The smallest absolute Gasteiger partial charge is 0.257 e. The molecule has 3 N–H and O–H groups in total. The van der Waals surface area contributed by atoms with Gasteiger partial charge < -0.3 is 20.7 Å². The fourth-order valence-corrected chi connectivity index (χ4v) is 3.15. The fraction of sp³-hybridized carbons (Fsp3) is 0.400. The molecule has 2 heterocycles. The first kappa shape index (κ1) is 24.0. The van der Waals surface area contributed by atoms with Gasteiger partial charge in [0.05, 0.1) is 12.2 Å². The van der Waals surface area contributed by atoms with Gasteiger partial charge in [0.25, 0.3) is 5.91 Å². The zero-order chi connectivity index (χ0) is 18.6. The quantitative estimate of drug-likeness (QED) is 0.732. The number of likely N-dealkylation sites (tertiary alicyclic amines) is 1. The molecule has 1 atom stereocenters. The second-order valence-electron chi connectivity index (χ2n) is 6.97. The number of ether oxygens (including phenoxy) is 1. The van der Waals surface area contributed by atoms with Gasteiger partial charge in [-0.1, -0.05) is 6.92 Å². The Kier molecular flexibility index (Phi) is 9.01. The Morgan fingerprint density at radius 1 is 1.29 bits per heavy atom. The van der Waals surface area contributed by atoms with Gasteiger partial charge in [-0.05, 0) is 61.7 Å². The summed E-state index contributed by atoms with van der Waals surface area (Å²) in [5.74, 6) is 1.36. The Balaban J connectivity index is 0.00000196. The van der Waals surface area contributed by atoms with E-state index in [1.807, 2.05) is 42.2 Å². The molecule has 1 aromatic carbocycles. The van der Waals surface area contributed by atoms with Gasteiger partial charge in [0.1, 0.15) is 11.6 Å². The van der Waals surface area contributed by atoms with Crippen molar-refractivity contribution in [1.82, 2.24) is 9.88 Å². The predicted molar refractivity (Wildman–Crippen MR) is 117 cm³/mol. The molecule has 8 heteroatoms. The summed E-state index contributed by atoms with van der Waals surface area (Å²) in [5.41, 5.74) is 7.29. The summed E-state index contributed by atoms with van der Waals surface area (Å²) in [6, 6.07) is 11.2. The summed E-state index contributed by atoms with van der Waals surface area (Å²) in [5, 5.41) is 3.24. The molecule has 6 nitrogen and oxygen atoms in total. The molecule has 1 aliphatic heterocycles. The second-order valence-corrected chi connectivity index (χ2v) is 6.97. The monoisotopic (exact) mass is 426 g/mol. The molecule has 1 saturated heterocycles. The average Bonchev–Trinajstić information content (AvgIpc) is 3.06. The first-order valence-electron chi connectivity index (χ1n) is 8.99. The molecule has 1 aromatic heterocycles. The van der Waals surface area contributed by atoms with Crippen LogP contribution in [0.4, 0.5) is 11.5 Å². The lowest BCUT2D eigenvalue weighted by atomic mass is 9.90. The van der Waals surface area contributed by atoms with E-state index >= 15 is 0 Å². The summed E-state index contributed by atoms with van der Waals surface area (Å²) < 4.78 is 5.46. The van der Waals surface area contributed by atoms with E-state index < -0.39 is 0 Å². The highest BCUT2D eigenvalue weighted by molar-refractivity contribution is 5.99. The first-order chi connectivity index (χ1) is 12.5. The summed E-state index contributed by atoms with van der Waals surface area (Å²) in [6.07, 6.45) is 2.61. The van der Waals surface area contributed by atoms with Crippen LogP contribution in [-0.2, 0) is 0 Å². The molecule has 3 rings (SSSR count). The topological polar surface area (TPSA) is 80.5 Å². The van der Waals surface area contributed by atoms with Gasteiger partial charge in [-0.25, -0.2) is 4.98 Å². The Hall–Kier alpha value is -2.02. The molecule has 0 spiro atoms. The highest BCUT2D eigenvalue weighted by atomic mass is 35.5. The summed E-state index contributed by atoms with van der Waals surface area (Å²) in [4.78, 5) is 19.2. The maximum atomic E-state index is 13.0. The number of nitrogens with two attached hydrogens (primary N) is 1. The number of benzene rings is 1. The van der Waals surface area contributed by atoms with Crippen LogP contribution in [0.3, 0.4) is 0 Å². The predicted octanol–water partition coefficient (Wildman–Crippen LogP) is 3.88. The van der Waals surface area contributed by atoms with Gasteiger partial charge in [0, 0.05) is 25.0 Å². The highest BCUT2D eigenvalue weighted by Crippen LogP contribution is 2.30. The third kappa shape index (κ3) is 5.50. The van der Waals surface area contributed by atoms with Crippen LogP contribution >= 0.6 is 24.8 Å². The number of pyridine rings is 1. The second kappa shape index (κ2) is 10.5. The lowest BCUT2D eigenvalue weighted by Gasteiger charge is -2.23. The van der Waals surface area contributed by atoms with Crippen LogP contribution in [0.5, 0.6) is 5.75 Å². The van der Waals surface area contributed by atoms with Crippen molar-refractivity contribution in [3.05, 3.63) is 48.2 Å². The number of carbonyl (C=O) groups is 1. The van der Waals surface area contributed by atoms with Crippen LogP contribution < -0.4 is 15.8 Å². The lowest BCUT2D eigenvalue weighted by Crippen LogP contribution is -2.34. The minimum absolute atomic E-state index is 0. The maximum Gasteiger partial charge on any atom is 0.257 e. The fourth-order valence-electron chi connectivity index (χ4n) is 3.15. The number of rotatable bonds is 6. The Morgan fingerprint density at radius 3 is 2.61 bits per heavy atom. The van der Waals surface area contributed by atoms with E-state index in [0.29, 0.717) is 31.1 Å². The average molecular weight is 427 g/mol. The van der Waals surface area contributed by atoms with Gasteiger partial charge in [-0.3, -0.25) is 4.79 Å². The number of halogens is 2. The number of nitrogens with zero attached hydrogens (tertiary/aromatic N) is 2. The van der Waals surface area contributed by atoms with E-state index in [1.165, 1.54) is 0 Å². The van der Waals surface area contributed by atoms with Crippen molar-refractivity contribution in [3.8, 4) is 5.75 Å². The molecule has 1 fully saturated rings. The molecule has 0 bridgehead atoms. The van der Waals surface area contributed by atoms with Crippen molar-refractivity contribution >= 4 is 42.2 Å². The zero-order valence-electron chi connectivity index (χ0n) is 16.2. The first-order valence-corrected chi connectivity index (χ1v) is 8.99. The minimum Gasteiger partial charge on any atom is -0.494 e. The number of aromatic nitrogens is 1. The van der Waals surface area contributed by atoms with Gasteiger partial charge in [-0.2, -0.15) is 0 Å². The van der Waals surface area contributed by atoms with E-state index in [2.05, 4.69) is 17.2 Å². The number of nitrogens with one attached hydrogen (secondary N) is 1. The molecule has 154 valence electrons. The number of amides is 1. The molecule has 2 aromatic rings. The van der Waals surface area contributed by atoms with E-state index in [0.717, 1.165) is 24.4 Å². The van der Waals surface area contributed by atoms with Crippen LogP contribution in [0, 0.1) is 5.41 Å². The van der Waals surface area contributed by atoms with Crippen LogP contribution in [0.25, 0.3) is 0 Å². The van der Waals surface area contributed by atoms with Gasteiger partial charge in [-0.15, -0.1) is 24.8 Å². The number of carbonyl (C=O) groups excluding carboxylic acids is 1. The third-order valence-electron chi connectivity index (χ3n) is 4.80. The zero-order valence-corrected chi connectivity index (χ0v) is 17.8. The van der Waals surface area contributed by atoms with Gasteiger partial charge in [0.15, 0.2) is 0 Å². The molecular weight excluding hydrogens is 399 g/mol. The van der Waals surface area contributed by atoms with Crippen LogP contribution in [0.15, 0.2) is 42.6 Å². The SMILES string of the molecule is CCOc1ccc(Nc2ncccc2C(=O)N2CCC(C)(CN)C2)cc1.Cl.Cl. The molecule has 1 aliphatic rings. The standard InChI is InChI=1S/C20H26N4O2.2ClH/c1-3-26-16-8-6-15(7-9-16)23-18-17(5-4-11-22-18)19(25)24-12-10-20(2,13-21)14-24;;/h4-9,11H,3,10,12-14,21H2,1-2H3,(H,22,23);2*1H. The van der Waals surface area contributed by atoms with Crippen molar-refractivity contribution in [2.24, 2.45) is 11.1 Å². The van der Waals surface area contributed by atoms with Crippen molar-refractivity contribution in [1.29, 1.82) is 0 Å². The highest BCUT2D eigenvalue weighted by Gasteiger charge is 2.35. The molecule has 0 radical (unpaired) electrons. The maximum absolute atomic E-state index is 13.0. The number of hydrogen-bond donors (Lipinski definition) is 2. The van der Waals surface area contributed by atoms with E-state index in [-0.39, 0.29) is 36.1 Å². The van der Waals surface area contributed by atoms with E-state index in [4.69, 9.17) is 10.5 Å². The Labute approximate surface area is 178 Å². The van der Waals surface area contributed by atoms with E-state index in [1.54, 1.807) is 12.3 Å². The molecule has 0 saturated carbocycles. The van der Waals surface area contributed by atoms with Gasteiger partial charge in [0.2, 0.25) is 0 Å². The van der Waals surface area contributed by atoms with Crippen molar-refractivity contribution in [3.63, 3.8) is 0 Å². The number of hydrogen-bond acceptors (Lipinski definition) is 5. The normalized spacial score (nSPS) is 18.0. The molecule has 1 amide bonds. The van der Waals surface area contributed by atoms with E-state index in [9.17, 15) is 4.79 Å².